The smallest absolute Gasteiger partial charge is 0.339 e. The second kappa shape index (κ2) is 5.15. The Balaban J connectivity index is 3.41. The molecule has 7 heteroatoms. The van der Waals surface area contributed by atoms with Gasteiger partial charge < -0.3 is 4.74 Å². The third-order valence-corrected chi connectivity index (χ3v) is 4.02. The molecule has 0 aliphatic carbocycles. The standard InChI is InChI=1S/C8H5BrF2INO2/c1-15-8(14)4-3(7(10)11)2-13-6(9)5(4)12/h2,7H,1H3. The van der Waals surface area contributed by atoms with Crippen molar-refractivity contribution in [2.45, 2.75) is 6.43 Å². The number of carbonyl (C=O) groups excluding carboxylic acids is 1. The first-order valence-electron chi connectivity index (χ1n) is 3.69. The van der Waals surface area contributed by atoms with E-state index >= 15 is 0 Å². The monoisotopic (exact) mass is 391 g/mol. The van der Waals surface area contributed by atoms with Gasteiger partial charge in [-0.1, -0.05) is 0 Å². The number of hydrogen-bond acceptors (Lipinski definition) is 3. The van der Waals surface area contributed by atoms with Gasteiger partial charge in [-0.25, -0.2) is 18.6 Å². The van der Waals surface area contributed by atoms with Crippen molar-refractivity contribution < 1.29 is 18.3 Å². The summed E-state index contributed by atoms with van der Waals surface area (Å²) in [6.07, 6.45) is -1.79. The van der Waals surface area contributed by atoms with Crippen LogP contribution in [0.5, 0.6) is 0 Å². The zero-order valence-electron chi connectivity index (χ0n) is 7.43. The lowest BCUT2D eigenvalue weighted by Crippen LogP contribution is -2.10. The van der Waals surface area contributed by atoms with Gasteiger partial charge in [-0.15, -0.1) is 0 Å². The number of esters is 1. The predicted molar refractivity (Wildman–Crippen MR) is 61.0 cm³/mol. The zero-order chi connectivity index (χ0) is 11.6. The van der Waals surface area contributed by atoms with Crippen LogP contribution in [0.15, 0.2) is 10.8 Å². The number of pyridine rings is 1. The van der Waals surface area contributed by atoms with E-state index in [-0.39, 0.29) is 5.56 Å². The Bertz CT molecular complexity index is 400. The molecule has 82 valence electrons. The van der Waals surface area contributed by atoms with Crippen LogP contribution >= 0.6 is 38.5 Å². The second-order valence-electron chi connectivity index (χ2n) is 2.49. The summed E-state index contributed by atoms with van der Waals surface area (Å²) in [7, 11) is 1.14. The van der Waals surface area contributed by atoms with Crippen LogP contribution in [-0.2, 0) is 4.74 Å². The number of methoxy groups -OCH3 is 1. The maximum absolute atomic E-state index is 12.6. The molecular weight excluding hydrogens is 387 g/mol. The largest absolute Gasteiger partial charge is 0.465 e. The number of hydrogen-bond donors (Lipinski definition) is 0. The zero-order valence-corrected chi connectivity index (χ0v) is 11.2. The Kier molecular flexibility index (Phi) is 4.38. The van der Waals surface area contributed by atoms with E-state index in [9.17, 15) is 13.6 Å². The molecule has 0 saturated carbocycles. The first kappa shape index (κ1) is 12.8. The van der Waals surface area contributed by atoms with Crippen LogP contribution in [0.4, 0.5) is 8.78 Å². The normalized spacial score (nSPS) is 10.5. The van der Waals surface area contributed by atoms with Crippen LogP contribution in [0, 0.1) is 3.57 Å². The molecule has 0 unspecified atom stereocenters. The SMILES string of the molecule is COC(=O)c1c(C(F)F)cnc(Br)c1I. The number of rotatable bonds is 2. The average molecular weight is 392 g/mol. The van der Waals surface area contributed by atoms with Gasteiger partial charge in [0.25, 0.3) is 6.43 Å². The summed E-state index contributed by atoms with van der Waals surface area (Å²) in [6.45, 7) is 0. The summed E-state index contributed by atoms with van der Waals surface area (Å²) in [4.78, 5) is 15.0. The highest BCUT2D eigenvalue weighted by Crippen LogP contribution is 2.29. The van der Waals surface area contributed by atoms with Crippen LogP contribution in [0.1, 0.15) is 22.3 Å². The Hall–Kier alpha value is -0.310. The van der Waals surface area contributed by atoms with E-state index in [0.29, 0.717) is 8.17 Å². The first-order chi connectivity index (χ1) is 6.99. The Labute approximate surface area is 106 Å². The highest BCUT2D eigenvalue weighted by atomic mass is 127. The van der Waals surface area contributed by atoms with Crippen molar-refractivity contribution in [2.75, 3.05) is 7.11 Å². The molecule has 0 radical (unpaired) electrons. The third kappa shape index (κ3) is 2.63. The second-order valence-corrected chi connectivity index (χ2v) is 4.32. The van der Waals surface area contributed by atoms with E-state index in [1.54, 1.807) is 22.6 Å². The van der Waals surface area contributed by atoms with Crippen molar-refractivity contribution in [1.82, 2.24) is 4.98 Å². The third-order valence-electron chi connectivity index (χ3n) is 1.63. The van der Waals surface area contributed by atoms with Crippen LogP contribution < -0.4 is 0 Å². The van der Waals surface area contributed by atoms with Crippen LogP contribution in [0.3, 0.4) is 0 Å². The summed E-state index contributed by atoms with van der Waals surface area (Å²) in [5.74, 6) is -0.794. The summed E-state index contributed by atoms with van der Waals surface area (Å²) >= 11 is 4.81. The molecule has 1 aromatic rings. The Morgan fingerprint density at radius 3 is 2.73 bits per heavy atom. The maximum Gasteiger partial charge on any atom is 0.339 e. The lowest BCUT2D eigenvalue weighted by Gasteiger charge is -2.09. The fourth-order valence-corrected chi connectivity index (χ4v) is 1.92. The number of ether oxygens (including phenoxy) is 1. The molecule has 15 heavy (non-hydrogen) atoms. The molecular formula is C8H5BrF2INO2. The Morgan fingerprint density at radius 1 is 1.67 bits per heavy atom. The van der Waals surface area contributed by atoms with Crippen molar-refractivity contribution in [1.29, 1.82) is 0 Å². The van der Waals surface area contributed by atoms with E-state index < -0.39 is 18.0 Å². The van der Waals surface area contributed by atoms with Crippen LogP contribution in [0.25, 0.3) is 0 Å². The van der Waals surface area contributed by atoms with Crippen molar-refractivity contribution in [3.8, 4) is 0 Å². The lowest BCUT2D eigenvalue weighted by atomic mass is 10.1. The minimum atomic E-state index is -2.76. The van der Waals surface area contributed by atoms with Crippen LogP contribution in [-0.4, -0.2) is 18.1 Å². The van der Waals surface area contributed by atoms with E-state index in [0.717, 1.165) is 13.3 Å². The number of aromatic nitrogens is 1. The van der Waals surface area contributed by atoms with Gasteiger partial charge in [0.05, 0.1) is 21.8 Å². The van der Waals surface area contributed by atoms with Crippen molar-refractivity contribution in [3.05, 3.63) is 25.5 Å². The van der Waals surface area contributed by atoms with E-state index in [2.05, 4.69) is 25.7 Å². The van der Waals surface area contributed by atoms with Gasteiger partial charge in [-0.05, 0) is 38.5 Å². The molecule has 1 heterocycles. The topological polar surface area (TPSA) is 39.2 Å². The molecule has 0 N–H and O–H groups in total. The molecule has 0 bridgehead atoms. The number of alkyl halides is 2. The first-order valence-corrected chi connectivity index (χ1v) is 5.56. The van der Waals surface area contributed by atoms with Gasteiger partial charge in [0, 0.05) is 6.20 Å². The minimum absolute atomic E-state index is 0.144. The average Bonchev–Trinajstić information content (AvgIpc) is 2.20. The molecule has 0 aromatic carbocycles. The fraction of sp³-hybridized carbons (Fsp3) is 0.250. The quantitative estimate of drug-likeness (QED) is 0.441. The molecule has 0 fully saturated rings. The summed E-state index contributed by atoms with van der Waals surface area (Å²) in [6, 6.07) is 0. The number of nitrogens with zero attached hydrogens (tertiary/aromatic N) is 1. The molecule has 1 rings (SSSR count). The maximum atomic E-state index is 12.6. The summed E-state index contributed by atoms with van der Waals surface area (Å²) in [5.41, 5.74) is -0.565. The van der Waals surface area contributed by atoms with Crippen LogP contribution in [0.2, 0.25) is 0 Å². The van der Waals surface area contributed by atoms with Gasteiger partial charge in [-0.3, -0.25) is 0 Å². The van der Waals surface area contributed by atoms with E-state index in [1.165, 1.54) is 0 Å². The molecule has 0 spiro atoms. The molecule has 3 nitrogen and oxygen atoms in total. The van der Waals surface area contributed by atoms with Crippen molar-refractivity contribution in [3.63, 3.8) is 0 Å². The fourth-order valence-electron chi connectivity index (χ4n) is 0.952. The predicted octanol–water partition coefficient (Wildman–Crippen LogP) is 3.17. The van der Waals surface area contributed by atoms with Gasteiger partial charge in [0.2, 0.25) is 0 Å². The van der Waals surface area contributed by atoms with E-state index in [1.807, 2.05) is 0 Å². The van der Waals surface area contributed by atoms with E-state index in [4.69, 9.17) is 0 Å². The van der Waals surface area contributed by atoms with Gasteiger partial charge in [-0.2, -0.15) is 0 Å². The molecule has 1 aromatic heterocycles. The molecule has 0 aliphatic heterocycles. The van der Waals surface area contributed by atoms with Gasteiger partial charge in [0.15, 0.2) is 0 Å². The summed E-state index contributed by atoms with van der Waals surface area (Å²) < 4.78 is 30.2. The highest BCUT2D eigenvalue weighted by molar-refractivity contribution is 14.1. The molecule has 0 saturated heterocycles. The molecule has 0 aliphatic rings. The van der Waals surface area contributed by atoms with Gasteiger partial charge in [0.1, 0.15) is 4.60 Å². The summed E-state index contributed by atoms with van der Waals surface area (Å²) in [5, 5.41) is 0. The molecule has 0 amide bonds. The number of halogens is 4. The molecule has 0 atom stereocenters. The lowest BCUT2D eigenvalue weighted by molar-refractivity contribution is 0.0587. The van der Waals surface area contributed by atoms with Crippen molar-refractivity contribution in [2.24, 2.45) is 0 Å². The van der Waals surface area contributed by atoms with Crippen molar-refractivity contribution >= 4 is 44.5 Å². The highest BCUT2D eigenvalue weighted by Gasteiger charge is 2.24. The Morgan fingerprint density at radius 2 is 2.27 bits per heavy atom. The minimum Gasteiger partial charge on any atom is -0.465 e. The van der Waals surface area contributed by atoms with Gasteiger partial charge >= 0.3 is 5.97 Å². The number of carbonyl (C=O) groups is 1.